The van der Waals surface area contributed by atoms with Crippen molar-refractivity contribution in [3.8, 4) is 0 Å². The van der Waals surface area contributed by atoms with Gasteiger partial charge in [-0.15, -0.1) is 11.8 Å². The van der Waals surface area contributed by atoms with Gasteiger partial charge in [-0.3, -0.25) is 14.5 Å². The van der Waals surface area contributed by atoms with E-state index in [1.807, 2.05) is 6.92 Å². The number of likely N-dealkylation sites (tertiary alicyclic amines) is 1. The summed E-state index contributed by atoms with van der Waals surface area (Å²) in [6.07, 6.45) is 5.29. The third-order valence-corrected chi connectivity index (χ3v) is 4.13. The lowest BCUT2D eigenvalue weighted by atomic mass is 10.2. The average Bonchev–Trinajstić information content (AvgIpc) is 2.53. The zero-order chi connectivity index (χ0) is 12.0. The highest BCUT2D eigenvalue weighted by molar-refractivity contribution is 8.00. The Labute approximate surface area is 102 Å². The maximum Gasteiger partial charge on any atom is 0.242 e. The van der Waals surface area contributed by atoms with Crippen molar-refractivity contribution < 1.29 is 9.59 Å². The summed E-state index contributed by atoms with van der Waals surface area (Å²) in [6.45, 7) is 4.56. The molecule has 1 aliphatic heterocycles. The Hall–Kier alpha value is -0.510. The van der Waals surface area contributed by atoms with Gasteiger partial charge in [0, 0.05) is 13.0 Å². The molecule has 1 heterocycles. The van der Waals surface area contributed by atoms with Gasteiger partial charge in [-0.05, 0) is 19.1 Å². The van der Waals surface area contributed by atoms with Gasteiger partial charge in [-0.2, -0.15) is 0 Å². The number of amides is 2. The van der Waals surface area contributed by atoms with Crippen LogP contribution in [0.4, 0.5) is 0 Å². The fourth-order valence-corrected chi connectivity index (χ4v) is 3.06. The zero-order valence-corrected chi connectivity index (χ0v) is 11.0. The lowest BCUT2D eigenvalue weighted by Crippen LogP contribution is -2.30. The van der Waals surface area contributed by atoms with Gasteiger partial charge in [0.25, 0.3) is 0 Å². The minimum atomic E-state index is -0.103. The molecule has 3 nitrogen and oxygen atoms in total. The van der Waals surface area contributed by atoms with Crippen LogP contribution in [0, 0.1) is 0 Å². The van der Waals surface area contributed by atoms with Gasteiger partial charge in [0.1, 0.15) is 0 Å². The summed E-state index contributed by atoms with van der Waals surface area (Å²) in [6, 6.07) is 0. The topological polar surface area (TPSA) is 37.4 Å². The minimum Gasteiger partial charge on any atom is -0.282 e. The Kier molecular flexibility index (Phi) is 5.88. The summed E-state index contributed by atoms with van der Waals surface area (Å²) < 4.78 is 0. The standard InChI is InChI=1S/C12H21NO2S/c1-3-5-6-7-8-16-10-9-11(14)13(4-2)12(10)15/h10H,3-9H2,1-2H3. The van der Waals surface area contributed by atoms with E-state index >= 15 is 0 Å². The molecule has 0 bridgehead atoms. The monoisotopic (exact) mass is 243 g/mol. The maximum atomic E-state index is 11.8. The number of carbonyl (C=O) groups excluding carboxylic acids is 2. The Morgan fingerprint density at radius 1 is 1.25 bits per heavy atom. The predicted molar refractivity (Wildman–Crippen MR) is 67.4 cm³/mol. The van der Waals surface area contributed by atoms with Crippen molar-refractivity contribution in [2.24, 2.45) is 0 Å². The second kappa shape index (κ2) is 6.94. The third-order valence-electron chi connectivity index (χ3n) is 2.84. The van der Waals surface area contributed by atoms with Crippen molar-refractivity contribution in [3.05, 3.63) is 0 Å². The first kappa shape index (κ1) is 13.6. The van der Waals surface area contributed by atoms with Gasteiger partial charge in [-0.25, -0.2) is 0 Å². The van der Waals surface area contributed by atoms with E-state index in [4.69, 9.17) is 0 Å². The number of nitrogens with zero attached hydrogens (tertiary/aromatic N) is 1. The van der Waals surface area contributed by atoms with Crippen LogP contribution in [0.1, 0.15) is 46.0 Å². The SMILES string of the molecule is CCCCCCSC1CC(=O)N(CC)C1=O. The fraction of sp³-hybridized carbons (Fsp3) is 0.833. The number of rotatable bonds is 7. The molecular formula is C12H21NO2S. The fourth-order valence-electron chi connectivity index (χ4n) is 1.87. The van der Waals surface area contributed by atoms with Crippen molar-refractivity contribution in [1.29, 1.82) is 0 Å². The van der Waals surface area contributed by atoms with Crippen LogP contribution in [0.15, 0.2) is 0 Å². The van der Waals surface area contributed by atoms with E-state index in [0.717, 1.165) is 12.2 Å². The summed E-state index contributed by atoms with van der Waals surface area (Å²) in [5, 5.41) is -0.103. The summed E-state index contributed by atoms with van der Waals surface area (Å²) in [4.78, 5) is 24.6. The van der Waals surface area contributed by atoms with Gasteiger partial charge in [0.2, 0.25) is 11.8 Å². The highest BCUT2D eigenvalue weighted by Gasteiger charge is 2.37. The Balaban J connectivity index is 2.23. The molecule has 4 heteroatoms. The summed E-state index contributed by atoms with van der Waals surface area (Å²) in [7, 11) is 0. The van der Waals surface area contributed by atoms with Crippen molar-refractivity contribution >= 4 is 23.6 Å². The molecule has 1 aliphatic rings. The smallest absolute Gasteiger partial charge is 0.242 e. The van der Waals surface area contributed by atoms with Crippen LogP contribution in [0.25, 0.3) is 0 Å². The molecule has 1 unspecified atom stereocenters. The van der Waals surface area contributed by atoms with Gasteiger partial charge >= 0.3 is 0 Å². The molecule has 1 fully saturated rings. The summed E-state index contributed by atoms with van der Waals surface area (Å²) >= 11 is 1.65. The molecule has 0 aromatic carbocycles. The van der Waals surface area contributed by atoms with E-state index in [-0.39, 0.29) is 17.1 Å². The Morgan fingerprint density at radius 3 is 2.56 bits per heavy atom. The molecule has 0 saturated carbocycles. The molecule has 1 rings (SSSR count). The number of hydrogen-bond acceptors (Lipinski definition) is 3. The molecule has 0 aromatic heterocycles. The number of unbranched alkanes of at least 4 members (excludes halogenated alkanes) is 3. The van der Waals surface area contributed by atoms with E-state index in [2.05, 4.69) is 6.92 Å². The zero-order valence-electron chi connectivity index (χ0n) is 10.2. The highest BCUT2D eigenvalue weighted by Crippen LogP contribution is 2.25. The molecule has 92 valence electrons. The van der Waals surface area contributed by atoms with E-state index in [1.165, 1.54) is 24.2 Å². The second-order valence-electron chi connectivity index (χ2n) is 4.10. The number of imide groups is 1. The molecule has 0 radical (unpaired) electrons. The van der Waals surface area contributed by atoms with Crippen LogP contribution < -0.4 is 0 Å². The number of hydrogen-bond donors (Lipinski definition) is 0. The minimum absolute atomic E-state index is 0.00134. The quantitative estimate of drug-likeness (QED) is 0.509. The van der Waals surface area contributed by atoms with Crippen LogP contribution in [0.5, 0.6) is 0 Å². The molecule has 1 atom stereocenters. The first-order valence-electron chi connectivity index (χ1n) is 6.16. The van der Waals surface area contributed by atoms with Crippen molar-refractivity contribution in [2.75, 3.05) is 12.3 Å². The first-order chi connectivity index (χ1) is 7.70. The Morgan fingerprint density at radius 2 is 2.00 bits per heavy atom. The first-order valence-corrected chi connectivity index (χ1v) is 7.21. The summed E-state index contributed by atoms with van der Waals surface area (Å²) in [5.41, 5.74) is 0. The van der Waals surface area contributed by atoms with E-state index in [9.17, 15) is 9.59 Å². The lowest BCUT2D eigenvalue weighted by molar-refractivity contribution is -0.137. The van der Waals surface area contributed by atoms with Crippen LogP contribution >= 0.6 is 11.8 Å². The molecular weight excluding hydrogens is 222 g/mol. The molecule has 0 spiro atoms. The lowest BCUT2D eigenvalue weighted by Gasteiger charge is -2.11. The largest absolute Gasteiger partial charge is 0.282 e. The van der Waals surface area contributed by atoms with Gasteiger partial charge in [-0.1, -0.05) is 26.2 Å². The van der Waals surface area contributed by atoms with Gasteiger partial charge in [0.15, 0.2) is 0 Å². The van der Waals surface area contributed by atoms with Crippen LogP contribution in [-0.2, 0) is 9.59 Å². The van der Waals surface area contributed by atoms with Crippen LogP contribution in [-0.4, -0.2) is 34.3 Å². The van der Waals surface area contributed by atoms with Crippen LogP contribution in [0.3, 0.4) is 0 Å². The maximum absolute atomic E-state index is 11.8. The number of carbonyl (C=O) groups is 2. The van der Waals surface area contributed by atoms with E-state index < -0.39 is 0 Å². The van der Waals surface area contributed by atoms with E-state index in [1.54, 1.807) is 11.8 Å². The van der Waals surface area contributed by atoms with Crippen molar-refractivity contribution in [1.82, 2.24) is 4.90 Å². The van der Waals surface area contributed by atoms with Crippen molar-refractivity contribution in [3.63, 3.8) is 0 Å². The van der Waals surface area contributed by atoms with Gasteiger partial charge in [0.05, 0.1) is 5.25 Å². The van der Waals surface area contributed by atoms with Crippen molar-refractivity contribution in [2.45, 2.75) is 51.2 Å². The molecule has 16 heavy (non-hydrogen) atoms. The molecule has 1 saturated heterocycles. The van der Waals surface area contributed by atoms with Gasteiger partial charge < -0.3 is 0 Å². The molecule has 0 aliphatic carbocycles. The third kappa shape index (κ3) is 3.51. The highest BCUT2D eigenvalue weighted by atomic mass is 32.2. The number of thioether (sulfide) groups is 1. The normalized spacial score (nSPS) is 20.9. The van der Waals surface area contributed by atoms with E-state index in [0.29, 0.717) is 13.0 Å². The summed E-state index contributed by atoms with van der Waals surface area (Å²) in [5.74, 6) is 1.02. The second-order valence-corrected chi connectivity index (χ2v) is 5.41. The molecule has 0 aromatic rings. The predicted octanol–water partition coefficient (Wildman–Crippen LogP) is 2.45. The molecule has 2 amide bonds. The Bertz CT molecular complexity index is 255. The average molecular weight is 243 g/mol. The van der Waals surface area contributed by atoms with Crippen LogP contribution in [0.2, 0.25) is 0 Å². The molecule has 0 N–H and O–H groups in total.